The van der Waals surface area contributed by atoms with E-state index in [1.165, 1.54) is 13.2 Å². The second-order valence-electron chi connectivity index (χ2n) is 8.63. The summed E-state index contributed by atoms with van der Waals surface area (Å²) in [6, 6.07) is 14.1. The minimum absolute atomic E-state index is 0.0838. The van der Waals surface area contributed by atoms with Crippen molar-refractivity contribution >= 4 is 11.8 Å². The van der Waals surface area contributed by atoms with Gasteiger partial charge < -0.3 is 9.84 Å². The van der Waals surface area contributed by atoms with Gasteiger partial charge in [-0.25, -0.2) is 4.79 Å². The van der Waals surface area contributed by atoms with Crippen molar-refractivity contribution in [3.05, 3.63) is 70.8 Å². The average molecular weight is 432 g/mol. The van der Waals surface area contributed by atoms with Gasteiger partial charge in [0.25, 0.3) is 0 Å². The Hall–Kier alpha value is -2.67. The Morgan fingerprint density at radius 3 is 2.52 bits per heavy atom. The second-order valence-corrected chi connectivity index (χ2v) is 8.63. The van der Waals surface area contributed by atoms with Gasteiger partial charge in [0.05, 0.1) is 12.7 Å². The number of methoxy groups -OCH3 is 1. The Morgan fingerprint density at radius 2 is 1.87 bits per heavy atom. The molecule has 4 rings (SSSR count). The lowest BCUT2D eigenvalue weighted by Crippen LogP contribution is -2.57. The SMILES string of the molecule is COC(=O)c1ccc2c(c1)C(=O)CC1CC(O)(C(F)(F)F)CCC21Cc1ccccc1. The van der Waals surface area contributed by atoms with Gasteiger partial charge in [-0.3, -0.25) is 4.79 Å². The third kappa shape index (κ3) is 3.55. The molecule has 0 saturated heterocycles. The monoisotopic (exact) mass is 432 g/mol. The molecule has 0 heterocycles. The van der Waals surface area contributed by atoms with E-state index < -0.39 is 41.9 Å². The largest absolute Gasteiger partial charge is 0.465 e. The topological polar surface area (TPSA) is 63.6 Å². The van der Waals surface area contributed by atoms with Crippen LogP contribution in [0.1, 0.15) is 57.5 Å². The van der Waals surface area contributed by atoms with E-state index in [0.29, 0.717) is 17.5 Å². The van der Waals surface area contributed by atoms with Crippen LogP contribution < -0.4 is 0 Å². The third-order valence-electron chi connectivity index (χ3n) is 6.95. The number of hydrogen-bond acceptors (Lipinski definition) is 4. The maximum absolute atomic E-state index is 13.6. The summed E-state index contributed by atoms with van der Waals surface area (Å²) in [7, 11) is 1.25. The van der Waals surface area contributed by atoms with Gasteiger partial charge in [-0.05, 0) is 54.9 Å². The molecule has 1 fully saturated rings. The number of ether oxygens (including phenoxy) is 1. The summed E-state index contributed by atoms with van der Waals surface area (Å²) in [5, 5.41) is 10.4. The normalized spacial score (nSPS) is 27.9. The summed E-state index contributed by atoms with van der Waals surface area (Å²) in [5.41, 5.74) is -1.37. The van der Waals surface area contributed by atoms with E-state index in [4.69, 9.17) is 4.74 Å². The summed E-state index contributed by atoms with van der Waals surface area (Å²) in [6.45, 7) is 0. The van der Waals surface area contributed by atoms with Crippen molar-refractivity contribution in [3.63, 3.8) is 0 Å². The number of hydrogen-bond donors (Lipinski definition) is 1. The molecule has 3 atom stereocenters. The summed E-state index contributed by atoms with van der Waals surface area (Å²) in [5.74, 6) is -1.57. The molecule has 0 aliphatic heterocycles. The number of esters is 1. The van der Waals surface area contributed by atoms with Crippen molar-refractivity contribution in [3.8, 4) is 0 Å². The van der Waals surface area contributed by atoms with Crippen molar-refractivity contribution in [2.75, 3.05) is 7.11 Å². The van der Waals surface area contributed by atoms with Crippen LogP contribution in [0.15, 0.2) is 48.5 Å². The number of benzene rings is 2. The number of ketones is 1. The quantitative estimate of drug-likeness (QED) is 0.719. The van der Waals surface area contributed by atoms with Crippen molar-refractivity contribution < 1.29 is 32.6 Å². The lowest BCUT2D eigenvalue weighted by Gasteiger charge is -2.53. The van der Waals surface area contributed by atoms with Crippen LogP contribution in [-0.2, 0) is 16.6 Å². The maximum Gasteiger partial charge on any atom is 0.417 e. The molecule has 0 spiro atoms. The smallest absolute Gasteiger partial charge is 0.417 e. The molecule has 7 heteroatoms. The van der Waals surface area contributed by atoms with Crippen LogP contribution in [0.25, 0.3) is 0 Å². The summed E-state index contributed by atoms with van der Waals surface area (Å²) in [6.07, 6.45) is -5.29. The van der Waals surface area contributed by atoms with E-state index in [9.17, 15) is 27.9 Å². The molecule has 31 heavy (non-hydrogen) atoms. The van der Waals surface area contributed by atoms with E-state index in [1.807, 2.05) is 30.3 Å². The predicted molar refractivity (Wildman–Crippen MR) is 107 cm³/mol. The molecule has 164 valence electrons. The Bertz CT molecular complexity index is 1020. The zero-order chi connectivity index (χ0) is 22.4. The molecule has 1 saturated carbocycles. The minimum Gasteiger partial charge on any atom is -0.465 e. The second kappa shape index (κ2) is 7.48. The zero-order valence-electron chi connectivity index (χ0n) is 17.0. The molecule has 0 amide bonds. The summed E-state index contributed by atoms with van der Waals surface area (Å²) in [4.78, 5) is 24.9. The average Bonchev–Trinajstić information content (AvgIpc) is 2.74. The van der Waals surface area contributed by atoms with Crippen LogP contribution in [0, 0.1) is 5.92 Å². The first kappa shape index (κ1) is 21.6. The van der Waals surface area contributed by atoms with Gasteiger partial charge >= 0.3 is 12.1 Å². The van der Waals surface area contributed by atoms with Gasteiger partial charge in [-0.15, -0.1) is 0 Å². The number of carbonyl (C=O) groups excluding carboxylic acids is 2. The van der Waals surface area contributed by atoms with Crippen molar-refractivity contribution in [2.24, 2.45) is 5.92 Å². The highest BCUT2D eigenvalue weighted by Crippen LogP contribution is 2.57. The lowest BCUT2D eigenvalue weighted by atomic mass is 9.52. The van der Waals surface area contributed by atoms with Gasteiger partial charge in [0.1, 0.15) is 0 Å². The van der Waals surface area contributed by atoms with E-state index in [0.717, 1.165) is 5.56 Å². The number of aliphatic hydroxyl groups is 1. The number of fused-ring (bicyclic) bond motifs is 3. The third-order valence-corrected chi connectivity index (χ3v) is 6.95. The van der Waals surface area contributed by atoms with Gasteiger partial charge in [-0.2, -0.15) is 13.2 Å². The van der Waals surface area contributed by atoms with Gasteiger partial charge in [0.2, 0.25) is 0 Å². The summed E-state index contributed by atoms with van der Waals surface area (Å²) >= 11 is 0. The van der Waals surface area contributed by atoms with Crippen molar-refractivity contribution in [1.29, 1.82) is 0 Å². The molecule has 2 aromatic rings. The molecular weight excluding hydrogens is 409 g/mol. The molecule has 2 aliphatic carbocycles. The molecular formula is C24H23F3O4. The van der Waals surface area contributed by atoms with E-state index >= 15 is 0 Å². The summed E-state index contributed by atoms with van der Waals surface area (Å²) < 4.78 is 45.6. The molecule has 0 radical (unpaired) electrons. The Labute approximate surface area is 178 Å². The fourth-order valence-corrected chi connectivity index (χ4v) is 5.29. The van der Waals surface area contributed by atoms with Crippen molar-refractivity contribution in [1.82, 2.24) is 0 Å². The van der Waals surface area contributed by atoms with Gasteiger partial charge in [0.15, 0.2) is 11.4 Å². The molecule has 0 bridgehead atoms. The number of carbonyl (C=O) groups is 2. The molecule has 3 unspecified atom stereocenters. The number of Topliss-reactive ketones (excluding diaryl/α,β-unsaturated/α-hetero) is 1. The fourth-order valence-electron chi connectivity index (χ4n) is 5.29. The Kier molecular flexibility index (Phi) is 5.20. The number of alkyl halides is 3. The van der Waals surface area contributed by atoms with Crippen LogP contribution in [0.3, 0.4) is 0 Å². The molecule has 2 aromatic carbocycles. The van der Waals surface area contributed by atoms with Gasteiger partial charge in [-0.1, -0.05) is 36.4 Å². The van der Waals surface area contributed by atoms with E-state index in [1.54, 1.807) is 12.1 Å². The molecule has 1 N–H and O–H groups in total. The highest BCUT2D eigenvalue weighted by Gasteiger charge is 2.62. The fraction of sp³-hybridized carbons (Fsp3) is 0.417. The maximum atomic E-state index is 13.6. The first-order valence-corrected chi connectivity index (χ1v) is 10.2. The first-order valence-electron chi connectivity index (χ1n) is 10.2. The van der Waals surface area contributed by atoms with E-state index in [2.05, 4.69) is 0 Å². The molecule has 4 nitrogen and oxygen atoms in total. The molecule has 0 aromatic heterocycles. The Morgan fingerprint density at radius 1 is 1.16 bits per heavy atom. The Balaban J connectivity index is 1.84. The predicted octanol–water partition coefficient (Wildman–Crippen LogP) is 4.63. The van der Waals surface area contributed by atoms with Crippen LogP contribution in [0.4, 0.5) is 13.2 Å². The van der Waals surface area contributed by atoms with Gasteiger partial charge in [0, 0.05) is 17.4 Å². The van der Waals surface area contributed by atoms with Crippen LogP contribution >= 0.6 is 0 Å². The highest BCUT2D eigenvalue weighted by atomic mass is 19.4. The zero-order valence-corrected chi connectivity index (χ0v) is 17.0. The minimum atomic E-state index is -4.76. The standard InChI is InChI=1S/C24H23F3O4/c1-31-21(29)16-7-8-19-18(11-16)20(28)12-17-14-23(30,24(25,26)27)10-9-22(17,19)13-15-5-3-2-4-6-15/h2-8,11,17,30H,9-10,12-14H2,1H3. The van der Waals surface area contributed by atoms with Crippen LogP contribution in [0.2, 0.25) is 0 Å². The van der Waals surface area contributed by atoms with Crippen LogP contribution in [0.5, 0.6) is 0 Å². The molecule has 2 aliphatic rings. The highest BCUT2D eigenvalue weighted by molar-refractivity contribution is 6.02. The number of halogens is 3. The van der Waals surface area contributed by atoms with Crippen LogP contribution in [-0.4, -0.2) is 35.7 Å². The van der Waals surface area contributed by atoms with E-state index in [-0.39, 0.29) is 24.2 Å². The first-order chi connectivity index (χ1) is 14.6. The lowest BCUT2D eigenvalue weighted by molar-refractivity contribution is -0.279. The number of rotatable bonds is 3. The van der Waals surface area contributed by atoms with Crippen molar-refractivity contribution in [2.45, 2.75) is 49.3 Å².